The molecule has 0 aromatic carbocycles. The van der Waals surface area contributed by atoms with E-state index in [1.807, 2.05) is 9.80 Å². The summed E-state index contributed by atoms with van der Waals surface area (Å²) in [6.45, 7) is 19.2. The number of likely N-dealkylation sites (N-methyl/N-ethyl adjacent to an activating group) is 1. The highest BCUT2D eigenvalue weighted by Crippen LogP contribution is 2.18. The summed E-state index contributed by atoms with van der Waals surface area (Å²) in [6, 6.07) is 0. The van der Waals surface area contributed by atoms with Crippen molar-refractivity contribution in [1.29, 1.82) is 0 Å². The van der Waals surface area contributed by atoms with Gasteiger partial charge in [-0.15, -0.1) is 0 Å². The van der Waals surface area contributed by atoms with Gasteiger partial charge >= 0.3 is 12.2 Å². The molecule has 0 spiro atoms. The Labute approximate surface area is 244 Å². The number of nitrogens with zero attached hydrogens (tertiary/aromatic N) is 5. The number of piperazine rings is 1. The largest absolute Gasteiger partial charge is 0.443 e. The molecule has 0 aliphatic carbocycles. The van der Waals surface area contributed by atoms with Crippen LogP contribution in [0.2, 0.25) is 0 Å². The predicted octanol–water partition coefficient (Wildman–Crippen LogP) is 2.40. The molecule has 0 atom stereocenters. The molecule has 0 unspecified atom stereocenters. The van der Waals surface area contributed by atoms with E-state index in [-0.39, 0.29) is 12.5 Å². The third kappa shape index (κ3) is 13.5. The van der Waals surface area contributed by atoms with Crippen LogP contribution in [0.5, 0.6) is 0 Å². The summed E-state index contributed by atoms with van der Waals surface area (Å²) in [7, 11) is 0. The number of nitrogens with one attached hydrogen (secondary N) is 2. The Kier molecular flexibility index (Phi) is 13.7. The van der Waals surface area contributed by atoms with Crippen molar-refractivity contribution in [1.82, 2.24) is 30.4 Å². The second kappa shape index (κ2) is 16.4. The van der Waals surface area contributed by atoms with E-state index in [9.17, 15) is 14.4 Å². The van der Waals surface area contributed by atoms with E-state index in [2.05, 4.69) is 27.5 Å². The number of anilines is 1. The van der Waals surface area contributed by atoms with Crippen LogP contribution in [0.1, 0.15) is 60.5 Å². The smallest absolute Gasteiger partial charge is 0.420 e. The summed E-state index contributed by atoms with van der Waals surface area (Å²) in [5.74, 6) is 0.595. The molecule has 1 fully saturated rings. The topological polar surface area (TPSA) is 138 Å². The van der Waals surface area contributed by atoms with Crippen molar-refractivity contribution in [3.63, 3.8) is 0 Å². The van der Waals surface area contributed by atoms with Gasteiger partial charge in [-0.2, -0.15) is 0 Å². The van der Waals surface area contributed by atoms with Gasteiger partial charge in [0.2, 0.25) is 11.9 Å². The van der Waals surface area contributed by atoms with Crippen LogP contribution >= 0.6 is 0 Å². The van der Waals surface area contributed by atoms with Crippen LogP contribution in [0.15, 0.2) is 12.4 Å². The second-order valence-electron chi connectivity index (χ2n) is 11.8. The van der Waals surface area contributed by atoms with Crippen molar-refractivity contribution in [3.8, 4) is 0 Å². The molecular formula is C28H49N7O6. The fourth-order valence-electron chi connectivity index (χ4n) is 3.81. The highest BCUT2D eigenvalue weighted by atomic mass is 16.6. The van der Waals surface area contributed by atoms with Crippen LogP contribution < -0.4 is 15.5 Å². The van der Waals surface area contributed by atoms with E-state index in [1.165, 1.54) is 0 Å². The monoisotopic (exact) mass is 579 g/mol. The Morgan fingerprint density at radius 1 is 0.854 bits per heavy atom. The Morgan fingerprint density at radius 3 is 1.95 bits per heavy atom. The molecule has 0 bridgehead atoms. The lowest BCUT2D eigenvalue weighted by atomic mass is 10.2. The summed E-state index contributed by atoms with van der Waals surface area (Å²) >= 11 is 0. The molecule has 2 heterocycles. The van der Waals surface area contributed by atoms with E-state index in [1.54, 1.807) is 53.9 Å². The van der Waals surface area contributed by atoms with Crippen LogP contribution in [-0.2, 0) is 25.5 Å². The molecule has 0 radical (unpaired) electrons. The maximum absolute atomic E-state index is 12.8. The lowest BCUT2D eigenvalue weighted by Crippen LogP contribution is -2.49. The van der Waals surface area contributed by atoms with Crippen LogP contribution in [0.4, 0.5) is 15.5 Å². The Morgan fingerprint density at radius 2 is 1.41 bits per heavy atom. The van der Waals surface area contributed by atoms with Crippen LogP contribution in [0.25, 0.3) is 0 Å². The summed E-state index contributed by atoms with van der Waals surface area (Å²) in [5.41, 5.74) is -1.01. The van der Waals surface area contributed by atoms with Crippen molar-refractivity contribution in [2.24, 2.45) is 0 Å². The standard InChI is InChI=1S/C28H49N7O6/c1-8-29-10-11-30-12-18-39-17-9-23(36)33-13-15-34(16-14-33)24-31-19-22(20-32-24)21-35(25(37)40-27(2,3)4)26(38)41-28(5,6)7/h19-20,29-30H,8-18,21H2,1-7H3. The maximum Gasteiger partial charge on any atom is 0.420 e. The third-order valence-electron chi connectivity index (χ3n) is 5.79. The lowest BCUT2D eigenvalue weighted by Gasteiger charge is -2.34. The van der Waals surface area contributed by atoms with Crippen molar-refractivity contribution in [2.45, 2.75) is 72.6 Å². The molecule has 0 saturated carbocycles. The minimum atomic E-state index is -0.807. The maximum atomic E-state index is 12.8. The molecule has 2 N–H and O–H groups in total. The molecule has 1 aliphatic rings. The molecule has 1 saturated heterocycles. The molecular weight excluding hydrogens is 530 g/mol. The zero-order chi connectivity index (χ0) is 30.5. The molecule has 41 heavy (non-hydrogen) atoms. The second-order valence-corrected chi connectivity index (χ2v) is 11.8. The zero-order valence-electron chi connectivity index (χ0n) is 25.8. The number of carbonyl (C=O) groups excluding carboxylic acids is 3. The number of imide groups is 1. The van der Waals surface area contributed by atoms with Crippen molar-refractivity contribution in [3.05, 3.63) is 18.0 Å². The number of ether oxygens (including phenoxy) is 3. The summed E-state index contributed by atoms with van der Waals surface area (Å²) in [6.07, 6.45) is 1.90. The van der Waals surface area contributed by atoms with Gasteiger partial charge in [0.25, 0.3) is 0 Å². The van der Waals surface area contributed by atoms with E-state index in [0.29, 0.717) is 57.3 Å². The summed E-state index contributed by atoms with van der Waals surface area (Å²) < 4.78 is 16.4. The normalized spacial score (nSPS) is 14.1. The molecule has 1 aliphatic heterocycles. The number of hydrogen-bond acceptors (Lipinski definition) is 11. The summed E-state index contributed by atoms with van der Waals surface area (Å²) in [5, 5.41) is 6.53. The SMILES string of the molecule is CCNCCNCCOCCC(=O)N1CCN(c2ncc(CN(C(=O)OC(C)(C)C)C(=O)OC(C)(C)C)cn2)CC1. The zero-order valence-corrected chi connectivity index (χ0v) is 25.8. The first-order chi connectivity index (χ1) is 19.3. The fraction of sp³-hybridized carbons (Fsp3) is 0.750. The molecule has 13 nitrogen and oxygen atoms in total. The molecule has 2 rings (SSSR count). The minimum absolute atomic E-state index is 0.0744. The van der Waals surface area contributed by atoms with Crippen molar-refractivity contribution < 1.29 is 28.6 Å². The number of aromatic nitrogens is 2. The van der Waals surface area contributed by atoms with Gasteiger partial charge in [0.1, 0.15) is 11.2 Å². The molecule has 13 heteroatoms. The average molecular weight is 580 g/mol. The quantitative estimate of drug-likeness (QED) is 0.333. The average Bonchev–Trinajstić information content (AvgIpc) is 2.89. The Balaban J connectivity index is 1.82. The summed E-state index contributed by atoms with van der Waals surface area (Å²) in [4.78, 5) is 51.7. The van der Waals surface area contributed by atoms with Gasteiger partial charge in [0.15, 0.2) is 0 Å². The van der Waals surface area contributed by atoms with Crippen molar-refractivity contribution in [2.75, 3.05) is 70.5 Å². The number of carbonyl (C=O) groups is 3. The van der Waals surface area contributed by atoms with Gasteiger partial charge in [-0.3, -0.25) is 4.79 Å². The number of rotatable bonds is 13. The first-order valence-corrected chi connectivity index (χ1v) is 14.4. The Bertz CT molecular complexity index is 926. The molecule has 232 valence electrons. The van der Waals surface area contributed by atoms with Gasteiger partial charge in [0.05, 0.1) is 26.2 Å². The molecule has 1 aromatic heterocycles. The lowest BCUT2D eigenvalue weighted by molar-refractivity contribution is -0.132. The van der Waals surface area contributed by atoms with E-state index >= 15 is 0 Å². The first kappa shape index (κ1) is 34.2. The van der Waals surface area contributed by atoms with Gasteiger partial charge < -0.3 is 34.6 Å². The van der Waals surface area contributed by atoms with E-state index in [4.69, 9.17) is 14.2 Å². The first-order valence-electron chi connectivity index (χ1n) is 14.4. The van der Waals surface area contributed by atoms with Gasteiger partial charge in [0, 0.05) is 63.8 Å². The third-order valence-corrected chi connectivity index (χ3v) is 5.79. The highest BCUT2D eigenvalue weighted by Gasteiger charge is 2.31. The van der Waals surface area contributed by atoms with Crippen LogP contribution in [-0.4, -0.2) is 115 Å². The van der Waals surface area contributed by atoms with Gasteiger partial charge in [-0.05, 0) is 48.1 Å². The van der Waals surface area contributed by atoms with Gasteiger partial charge in [-0.25, -0.2) is 24.5 Å². The molecule has 3 amide bonds. The van der Waals surface area contributed by atoms with Gasteiger partial charge in [-0.1, -0.05) is 6.92 Å². The van der Waals surface area contributed by atoms with E-state index in [0.717, 1.165) is 31.1 Å². The highest BCUT2D eigenvalue weighted by molar-refractivity contribution is 5.88. The predicted molar refractivity (Wildman–Crippen MR) is 156 cm³/mol. The van der Waals surface area contributed by atoms with Crippen LogP contribution in [0, 0.1) is 0 Å². The van der Waals surface area contributed by atoms with Crippen molar-refractivity contribution >= 4 is 24.0 Å². The van der Waals surface area contributed by atoms with E-state index < -0.39 is 23.4 Å². The molecule has 1 aromatic rings. The van der Waals surface area contributed by atoms with Crippen LogP contribution in [0.3, 0.4) is 0 Å². The minimum Gasteiger partial charge on any atom is -0.443 e. The number of amides is 3. The number of hydrogen-bond donors (Lipinski definition) is 2. The fourth-order valence-corrected chi connectivity index (χ4v) is 3.81. The Hall–Kier alpha value is -3.03.